The molecule has 0 unspecified atom stereocenters. The molecule has 0 spiro atoms. The minimum absolute atomic E-state index is 0.212. The predicted octanol–water partition coefficient (Wildman–Crippen LogP) is 7.38. The second-order valence-electron chi connectivity index (χ2n) is 7.99. The maximum Gasteiger partial charge on any atom is 0.333 e. The van der Waals surface area contributed by atoms with Crippen molar-refractivity contribution in [1.82, 2.24) is 0 Å². The van der Waals surface area contributed by atoms with E-state index in [1.807, 2.05) is 0 Å². The number of esters is 1. The average molecular weight is 409 g/mol. The van der Waals surface area contributed by atoms with Crippen LogP contribution in [0.1, 0.15) is 116 Å². The lowest BCUT2D eigenvalue weighted by Crippen LogP contribution is -2.08. The van der Waals surface area contributed by atoms with E-state index in [2.05, 4.69) is 13.5 Å². The molecule has 0 radical (unpaired) electrons. The molecule has 0 aliphatic carbocycles. The molecule has 0 heterocycles. The van der Waals surface area contributed by atoms with Crippen molar-refractivity contribution >= 4 is 11.9 Å². The lowest BCUT2D eigenvalue weighted by atomic mass is 10.0. The number of hydrogen-bond donors (Lipinski definition) is 1. The van der Waals surface area contributed by atoms with E-state index in [4.69, 9.17) is 9.84 Å². The topological polar surface area (TPSA) is 63.6 Å². The molecule has 0 aromatic rings. The Morgan fingerprint density at radius 1 is 0.759 bits per heavy atom. The van der Waals surface area contributed by atoms with Crippen LogP contribution in [-0.4, -0.2) is 23.7 Å². The molecule has 0 amide bonds. The van der Waals surface area contributed by atoms with Gasteiger partial charge in [-0.25, -0.2) is 9.59 Å². The van der Waals surface area contributed by atoms with Gasteiger partial charge in [0.05, 0.1) is 6.61 Å². The van der Waals surface area contributed by atoms with Crippen LogP contribution in [0.25, 0.3) is 0 Å². The van der Waals surface area contributed by atoms with Crippen LogP contribution in [-0.2, 0) is 14.3 Å². The summed E-state index contributed by atoms with van der Waals surface area (Å²) in [5, 5.41) is 8.50. The first kappa shape index (κ1) is 27.4. The standard InChI is InChI=1S/C25H44O4/c1-3-4-5-6-7-8-9-10-11-12-13-14-15-16-17-18-22-29-25(28)23(2)20-19-21-24(26)27/h19,21H,2-18,20,22H2,1H3,(H,26,27). The Balaban J connectivity index is 3.28. The van der Waals surface area contributed by atoms with Crippen LogP contribution in [0.3, 0.4) is 0 Å². The van der Waals surface area contributed by atoms with Crippen molar-refractivity contribution in [3.05, 3.63) is 24.3 Å². The molecule has 0 rings (SSSR count). The molecule has 0 aliphatic rings. The second kappa shape index (κ2) is 21.1. The molecule has 4 nitrogen and oxygen atoms in total. The molecule has 0 bridgehead atoms. The SMILES string of the molecule is C=C(CC=CC(=O)O)C(=O)OCCCCCCCCCCCCCCCCCC. The summed E-state index contributed by atoms with van der Waals surface area (Å²) in [5.41, 5.74) is 0.291. The summed E-state index contributed by atoms with van der Waals surface area (Å²) < 4.78 is 5.16. The Hall–Kier alpha value is -1.58. The molecule has 0 aromatic heterocycles. The third-order valence-corrected chi connectivity index (χ3v) is 5.14. The van der Waals surface area contributed by atoms with Crippen molar-refractivity contribution in [3.63, 3.8) is 0 Å². The summed E-state index contributed by atoms with van der Waals surface area (Å²) in [7, 11) is 0. The number of carboxylic acid groups (broad SMARTS) is 1. The number of allylic oxidation sites excluding steroid dienone is 1. The highest BCUT2D eigenvalue weighted by molar-refractivity contribution is 5.88. The fourth-order valence-electron chi connectivity index (χ4n) is 3.30. The lowest BCUT2D eigenvalue weighted by Gasteiger charge is -2.06. The van der Waals surface area contributed by atoms with Crippen LogP contribution in [0.2, 0.25) is 0 Å². The smallest absolute Gasteiger partial charge is 0.333 e. The molecular formula is C25H44O4. The van der Waals surface area contributed by atoms with Crippen LogP contribution in [0.4, 0.5) is 0 Å². The van der Waals surface area contributed by atoms with Gasteiger partial charge in [-0.15, -0.1) is 0 Å². The van der Waals surface area contributed by atoms with Gasteiger partial charge >= 0.3 is 11.9 Å². The van der Waals surface area contributed by atoms with E-state index in [0.29, 0.717) is 12.2 Å². The van der Waals surface area contributed by atoms with Crippen molar-refractivity contribution in [3.8, 4) is 0 Å². The van der Waals surface area contributed by atoms with Crippen LogP contribution >= 0.6 is 0 Å². The Morgan fingerprint density at radius 3 is 1.59 bits per heavy atom. The van der Waals surface area contributed by atoms with Gasteiger partial charge in [0.15, 0.2) is 0 Å². The first-order chi connectivity index (χ1) is 14.1. The van der Waals surface area contributed by atoms with E-state index in [9.17, 15) is 9.59 Å². The van der Waals surface area contributed by atoms with E-state index >= 15 is 0 Å². The molecule has 0 atom stereocenters. The van der Waals surface area contributed by atoms with Gasteiger partial charge in [0.1, 0.15) is 0 Å². The highest BCUT2D eigenvalue weighted by Crippen LogP contribution is 2.13. The number of aliphatic carboxylic acids is 1. The van der Waals surface area contributed by atoms with Crippen LogP contribution in [0, 0.1) is 0 Å². The van der Waals surface area contributed by atoms with Crippen molar-refractivity contribution in [2.24, 2.45) is 0 Å². The van der Waals surface area contributed by atoms with Gasteiger partial charge in [-0.1, -0.05) is 116 Å². The first-order valence-electron chi connectivity index (χ1n) is 11.8. The molecule has 0 fully saturated rings. The summed E-state index contributed by atoms with van der Waals surface area (Å²) in [5.74, 6) is -1.46. The maximum absolute atomic E-state index is 11.7. The van der Waals surface area contributed by atoms with Gasteiger partial charge < -0.3 is 9.84 Å². The number of carbonyl (C=O) groups excluding carboxylic acids is 1. The van der Waals surface area contributed by atoms with Gasteiger partial charge in [-0.2, -0.15) is 0 Å². The quantitative estimate of drug-likeness (QED) is 0.122. The van der Waals surface area contributed by atoms with Crippen molar-refractivity contribution in [2.75, 3.05) is 6.61 Å². The molecule has 4 heteroatoms. The number of ether oxygens (including phenoxy) is 1. The van der Waals surface area contributed by atoms with Crippen molar-refractivity contribution in [2.45, 2.75) is 116 Å². The van der Waals surface area contributed by atoms with Gasteiger partial charge in [0, 0.05) is 11.6 Å². The number of carbonyl (C=O) groups is 2. The van der Waals surface area contributed by atoms with Gasteiger partial charge in [0.2, 0.25) is 0 Å². The van der Waals surface area contributed by atoms with E-state index in [1.165, 1.54) is 96.0 Å². The van der Waals surface area contributed by atoms with Gasteiger partial charge in [0.25, 0.3) is 0 Å². The normalized spacial score (nSPS) is 11.1. The molecule has 0 saturated heterocycles. The summed E-state index contributed by atoms with van der Waals surface area (Å²) in [4.78, 5) is 22.0. The fraction of sp³-hybridized carbons (Fsp3) is 0.760. The highest BCUT2D eigenvalue weighted by Gasteiger charge is 2.06. The third kappa shape index (κ3) is 21.0. The summed E-state index contributed by atoms with van der Waals surface area (Å²) in [6, 6.07) is 0. The maximum atomic E-state index is 11.7. The number of rotatable bonds is 21. The van der Waals surface area contributed by atoms with Crippen molar-refractivity contribution < 1.29 is 19.4 Å². The Bertz CT molecular complexity index is 454. The lowest BCUT2D eigenvalue weighted by molar-refractivity contribution is -0.139. The molecule has 0 saturated carbocycles. The van der Waals surface area contributed by atoms with Crippen LogP contribution in [0.5, 0.6) is 0 Å². The minimum atomic E-state index is -1.03. The molecule has 0 aromatic carbocycles. The number of hydrogen-bond acceptors (Lipinski definition) is 3. The highest BCUT2D eigenvalue weighted by atomic mass is 16.5. The largest absolute Gasteiger partial charge is 0.478 e. The Kier molecular flexibility index (Phi) is 20.0. The molecule has 1 N–H and O–H groups in total. The Labute approximate surface area is 178 Å². The number of carboxylic acids is 1. The summed E-state index contributed by atoms with van der Waals surface area (Å²) in [6.07, 6.45) is 23.7. The van der Waals surface area contributed by atoms with Gasteiger partial charge in [-0.05, 0) is 12.8 Å². The zero-order valence-corrected chi connectivity index (χ0v) is 18.8. The molecule has 29 heavy (non-hydrogen) atoms. The van der Waals surface area contributed by atoms with Crippen LogP contribution < -0.4 is 0 Å². The fourth-order valence-corrected chi connectivity index (χ4v) is 3.30. The second-order valence-corrected chi connectivity index (χ2v) is 7.99. The molecular weight excluding hydrogens is 364 g/mol. The van der Waals surface area contributed by atoms with E-state index in [-0.39, 0.29) is 6.42 Å². The zero-order valence-electron chi connectivity index (χ0n) is 18.8. The summed E-state index contributed by atoms with van der Waals surface area (Å²) >= 11 is 0. The van der Waals surface area contributed by atoms with E-state index in [0.717, 1.165) is 18.9 Å². The third-order valence-electron chi connectivity index (χ3n) is 5.14. The molecule has 0 aliphatic heterocycles. The van der Waals surface area contributed by atoms with E-state index < -0.39 is 11.9 Å². The summed E-state index contributed by atoms with van der Waals surface area (Å²) in [6.45, 7) is 6.31. The first-order valence-corrected chi connectivity index (χ1v) is 11.8. The molecule has 168 valence electrons. The van der Waals surface area contributed by atoms with Crippen molar-refractivity contribution in [1.29, 1.82) is 0 Å². The average Bonchev–Trinajstić information content (AvgIpc) is 2.69. The zero-order chi connectivity index (χ0) is 21.6. The van der Waals surface area contributed by atoms with Crippen LogP contribution in [0.15, 0.2) is 24.3 Å². The number of unbranched alkanes of at least 4 members (excludes halogenated alkanes) is 15. The Morgan fingerprint density at radius 2 is 1.17 bits per heavy atom. The van der Waals surface area contributed by atoms with E-state index in [1.54, 1.807) is 0 Å². The predicted molar refractivity (Wildman–Crippen MR) is 121 cm³/mol. The monoisotopic (exact) mass is 408 g/mol. The van der Waals surface area contributed by atoms with Gasteiger partial charge in [-0.3, -0.25) is 0 Å². The minimum Gasteiger partial charge on any atom is -0.478 e.